The molecule has 2 aromatic carbocycles. The largest absolute Gasteiger partial charge is 0.504 e. The molecular weight excluding hydrogens is 320 g/mol. The van der Waals surface area contributed by atoms with Crippen LogP contribution in [0.2, 0.25) is 0 Å². The normalized spacial score (nSPS) is 10.6. The van der Waals surface area contributed by atoms with Crippen molar-refractivity contribution < 1.29 is 24.2 Å². The third kappa shape index (κ3) is 5.42. The van der Waals surface area contributed by atoms with Crippen LogP contribution in [-0.4, -0.2) is 29.6 Å². The Balaban J connectivity index is 1.92. The number of allylic oxidation sites excluding steroid dienone is 1. The number of rotatable bonds is 8. The average Bonchev–Trinajstić information content (AvgIpc) is 2.61. The van der Waals surface area contributed by atoms with Crippen LogP contribution in [0.1, 0.15) is 17.5 Å². The number of ketones is 3. The Kier molecular flexibility index (Phi) is 6.23. The monoisotopic (exact) mass is 338 g/mol. The van der Waals surface area contributed by atoms with Crippen molar-refractivity contribution in [3.8, 4) is 11.5 Å². The van der Waals surface area contributed by atoms with Crippen molar-refractivity contribution in [2.75, 3.05) is 7.11 Å². The van der Waals surface area contributed by atoms with Gasteiger partial charge in [-0.2, -0.15) is 0 Å². The smallest absolute Gasteiger partial charge is 0.206 e. The number of methoxy groups -OCH3 is 1. The molecule has 5 nitrogen and oxygen atoms in total. The first kappa shape index (κ1) is 18.1. The van der Waals surface area contributed by atoms with Gasteiger partial charge in [0.1, 0.15) is 0 Å². The van der Waals surface area contributed by atoms with Gasteiger partial charge in [-0.1, -0.05) is 42.5 Å². The lowest BCUT2D eigenvalue weighted by molar-refractivity contribution is -0.137. The van der Waals surface area contributed by atoms with E-state index in [4.69, 9.17) is 4.74 Å². The van der Waals surface area contributed by atoms with E-state index in [1.54, 1.807) is 36.4 Å². The van der Waals surface area contributed by atoms with Gasteiger partial charge in [0.25, 0.3) is 0 Å². The maximum atomic E-state index is 11.9. The fraction of sp³-hybridized carbons (Fsp3) is 0.150. The molecule has 2 aromatic rings. The fourth-order valence-corrected chi connectivity index (χ4v) is 2.18. The molecule has 0 heterocycles. The molecule has 0 saturated carbocycles. The van der Waals surface area contributed by atoms with E-state index in [-0.39, 0.29) is 17.9 Å². The van der Waals surface area contributed by atoms with Gasteiger partial charge < -0.3 is 9.84 Å². The van der Waals surface area contributed by atoms with Gasteiger partial charge in [0.05, 0.1) is 13.5 Å². The Morgan fingerprint density at radius 1 is 1.04 bits per heavy atom. The standard InChI is InChI=1S/C20H18O5/c1-25-20-12-15(8-10-17(20)22)7-9-16(21)13-19(24)18(23)11-14-5-3-2-4-6-14/h2-10,12,22H,11,13H2,1H3. The lowest BCUT2D eigenvalue weighted by atomic mass is 10.0. The van der Waals surface area contributed by atoms with Crippen molar-refractivity contribution in [1.82, 2.24) is 0 Å². The number of phenols is 1. The molecule has 0 aliphatic carbocycles. The molecular formula is C20H18O5. The molecule has 0 unspecified atom stereocenters. The van der Waals surface area contributed by atoms with Gasteiger partial charge in [0.15, 0.2) is 17.3 Å². The highest BCUT2D eigenvalue weighted by atomic mass is 16.5. The van der Waals surface area contributed by atoms with Crippen LogP contribution >= 0.6 is 0 Å². The number of hydrogen-bond acceptors (Lipinski definition) is 5. The van der Waals surface area contributed by atoms with E-state index in [1.807, 2.05) is 6.07 Å². The van der Waals surface area contributed by atoms with E-state index in [0.717, 1.165) is 5.56 Å². The summed E-state index contributed by atoms with van der Waals surface area (Å²) in [7, 11) is 1.42. The van der Waals surface area contributed by atoms with Crippen LogP contribution in [0.15, 0.2) is 54.6 Å². The topological polar surface area (TPSA) is 80.7 Å². The van der Waals surface area contributed by atoms with Crippen molar-refractivity contribution in [3.63, 3.8) is 0 Å². The Hall–Kier alpha value is -3.21. The second kappa shape index (κ2) is 8.59. The molecule has 1 N–H and O–H groups in total. The Bertz CT molecular complexity index is 806. The summed E-state index contributed by atoms with van der Waals surface area (Å²) in [6.45, 7) is 0. The van der Waals surface area contributed by atoms with Gasteiger partial charge in [-0.25, -0.2) is 0 Å². The molecule has 2 rings (SSSR count). The summed E-state index contributed by atoms with van der Waals surface area (Å²) in [5.41, 5.74) is 1.37. The lowest BCUT2D eigenvalue weighted by Gasteiger charge is -2.03. The van der Waals surface area contributed by atoms with E-state index in [9.17, 15) is 19.5 Å². The number of benzene rings is 2. The maximum absolute atomic E-state index is 11.9. The molecule has 0 amide bonds. The summed E-state index contributed by atoms with van der Waals surface area (Å²) >= 11 is 0. The number of aromatic hydroxyl groups is 1. The van der Waals surface area contributed by atoms with Gasteiger partial charge in [-0.3, -0.25) is 14.4 Å². The van der Waals surface area contributed by atoms with Gasteiger partial charge in [-0.15, -0.1) is 0 Å². The predicted molar refractivity (Wildman–Crippen MR) is 93.5 cm³/mol. The highest BCUT2D eigenvalue weighted by Gasteiger charge is 2.16. The zero-order valence-corrected chi connectivity index (χ0v) is 13.8. The Morgan fingerprint density at radius 3 is 2.44 bits per heavy atom. The van der Waals surface area contributed by atoms with Gasteiger partial charge >= 0.3 is 0 Å². The lowest BCUT2D eigenvalue weighted by Crippen LogP contribution is -2.19. The van der Waals surface area contributed by atoms with Gasteiger partial charge in [-0.05, 0) is 29.3 Å². The minimum Gasteiger partial charge on any atom is -0.504 e. The van der Waals surface area contributed by atoms with Crippen LogP contribution in [0.5, 0.6) is 11.5 Å². The van der Waals surface area contributed by atoms with E-state index in [0.29, 0.717) is 5.56 Å². The van der Waals surface area contributed by atoms with Crippen LogP contribution in [0, 0.1) is 0 Å². The first-order valence-corrected chi connectivity index (χ1v) is 7.67. The Morgan fingerprint density at radius 2 is 1.76 bits per heavy atom. The average molecular weight is 338 g/mol. The third-order valence-electron chi connectivity index (χ3n) is 3.52. The summed E-state index contributed by atoms with van der Waals surface area (Å²) in [4.78, 5) is 35.6. The van der Waals surface area contributed by atoms with Crippen molar-refractivity contribution in [2.45, 2.75) is 12.8 Å². The minimum atomic E-state index is -0.707. The number of carbonyl (C=O) groups excluding carboxylic acids is 3. The number of carbonyl (C=O) groups is 3. The quantitative estimate of drug-likeness (QED) is 0.455. The van der Waals surface area contributed by atoms with Gasteiger partial charge in [0, 0.05) is 6.42 Å². The molecule has 0 spiro atoms. The predicted octanol–water partition coefficient (Wildman–Crippen LogP) is 2.75. The summed E-state index contributed by atoms with van der Waals surface area (Å²) in [6, 6.07) is 13.5. The van der Waals surface area contributed by atoms with E-state index < -0.39 is 23.8 Å². The summed E-state index contributed by atoms with van der Waals surface area (Å²) in [6.07, 6.45) is 2.27. The Labute approximate surface area is 145 Å². The molecule has 0 fully saturated rings. The number of Topliss-reactive ketones (excluding diaryl/α,β-unsaturated/α-hetero) is 2. The highest BCUT2D eigenvalue weighted by Crippen LogP contribution is 2.26. The van der Waals surface area contributed by atoms with E-state index >= 15 is 0 Å². The van der Waals surface area contributed by atoms with Gasteiger partial charge in [0.2, 0.25) is 11.6 Å². The molecule has 128 valence electrons. The van der Waals surface area contributed by atoms with Crippen molar-refractivity contribution in [2.24, 2.45) is 0 Å². The third-order valence-corrected chi connectivity index (χ3v) is 3.52. The molecule has 0 radical (unpaired) electrons. The summed E-state index contributed by atoms with van der Waals surface area (Å²) in [5.74, 6) is -1.48. The first-order chi connectivity index (χ1) is 12.0. The number of ether oxygens (including phenoxy) is 1. The fourth-order valence-electron chi connectivity index (χ4n) is 2.18. The molecule has 0 atom stereocenters. The zero-order chi connectivity index (χ0) is 18.2. The minimum absolute atomic E-state index is 0.00679. The molecule has 25 heavy (non-hydrogen) atoms. The van der Waals surface area contributed by atoms with E-state index in [1.165, 1.54) is 25.3 Å². The van der Waals surface area contributed by atoms with Crippen LogP contribution < -0.4 is 4.74 Å². The summed E-state index contributed by atoms with van der Waals surface area (Å²) in [5, 5.41) is 9.52. The van der Waals surface area contributed by atoms with Crippen molar-refractivity contribution in [1.29, 1.82) is 0 Å². The highest BCUT2D eigenvalue weighted by molar-refractivity contribution is 6.41. The molecule has 0 bridgehead atoms. The second-order valence-corrected chi connectivity index (χ2v) is 5.42. The molecule has 0 aliphatic rings. The molecule has 0 aliphatic heterocycles. The van der Waals surface area contributed by atoms with E-state index in [2.05, 4.69) is 0 Å². The van der Waals surface area contributed by atoms with Crippen LogP contribution in [-0.2, 0) is 20.8 Å². The van der Waals surface area contributed by atoms with Crippen LogP contribution in [0.4, 0.5) is 0 Å². The zero-order valence-electron chi connectivity index (χ0n) is 13.8. The van der Waals surface area contributed by atoms with Crippen molar-refractivity contribution >= 4 is 23.4 Å². The molecule has 0 aromatic heterocycles. The second-order valence-electron chi connectivity index (χ2n) is 5.42. The van der Waals surface area contributed by atoms with Crippen LogP contribution in [0.3, 0.4) is 0 Å². The first-order valence-electron chi connectivity index (χ1n) is 7.67. The van der Waals surface area contributed by atoms with Crippen LogP contribution in [0.25, 0.3) is 6.08 Å². The van der Waals surface area contributed by atoms with Crippen molar-refractivity contribution in [3.05, 3.63) is 65.7 Å². The molecule has 0 saturated heterocycles. The maximum Gasteiger partial charge on any atom is 0.206 e. The molecule has 5 heteroatoms. The summed E-state index contributed by atoms with van der Waals surface area (Å²) < 4.78 is 4.98. The number of hydrogen-bond donors (Lipinski definition) is 1. The SMILES string of the molecule is COc1cc(C=CC(=O)CC(=O)C(=O)Cc2ccccc2)ccc1O. The number of phenolic OH excluding ortho intramolecular Hbond substituents is 1.